The summed E-state index contributed by atoms with van der Waals surface area (Å²) in [7, 11) is -0.904. The summed E-state index contributed by atoms with van der Waals surface area (Å²) in [6.45, 7) is 1.42. The van der Waals surface area contributed by atoms with Crippen molar-refractivity contribution in [3.8, 4) is 0 Å². The van der Waals surface area contributed by atoms with Crippen molar-refractivity contribution in [2.45, 2.75) is 30.2 Å². The predicted molar refractivity (Wildman–Crippen MR) is 95.0 cm³/mol. The number of hydrogen-bond donors (Lipinski definition) is 1. The molecule has 1 aliphatic carbocycles. The zero-order chi connectivity index (χ0) is 18.4. The van der Waals surface area contributed by atoms with E-state index in [2.05, 4.69) is 0 Å². The Morgan fingerprint density at radius 1 is 1.28 bits per heavy atom. The molecule has 2 fully saturated rings. The molecule has 1 aliphatic heterocycles. The van der Waals surface area contributed by atoms with Crippen LogP contribution >= 0.6 is 0 Å². The number of anilines is 1. The fourth-order valence-corrected chi connectivity index (χ4v) is 4.92. The van der Waals surface area contributed by atoms with Gasteiger partial charge in [0.2, 0.25) is 10.0 Å². The van der Waals surface area contributed by atoms with Crippen molar-refractivity contribution in [1.29, 1.82) is 0 Å². The Balaban J connectivity index is 1.96. The second-order valence-corrected chi connectivity index (χ2v) is 9.27. The first-order chi connectivity index (χ1) is 11.7. The summed E-state index contributed by atoms with van der Waals surface area (Å²) in [6.07, 6.45) is 3.19. The molecule has 0 spiro atoms. The first kappa shape index (κ1) is 18.1. The van der Waals surface area contributed by atoms with Crippen LogP contribution in [0.4, 0.5) is 11.4 Å². The van der Waals surface area contributed by atoms with E-state index < -0.39 is 14.9 Å². The number of sulfonamides is 1. The fraction of sp³-hybridized carbons (Fsp3) is 0.625. The Labute approximate surface area is 147 Å². The summed E-state index contributed by atoms with van der Waals surface area (Å²) in [5.74, 6) is 0.798. The van der Waals surface area contributed by atoms with Crippen LogP contribution in [0.5, 0.6) is 0 Å². The largest absolute Gasteiger partial charge is 0.365 e. The molecule has 1 aromatic rings. The van der Waals surface area contributed by atoms with Crippen LogP contribution in [-0.4, -0.2) is 50.9 Å². The van der Waals surface area contributed by atoms with E-state index in [1.165, 1.54) is 20.2 Å². The first-order valence-electron chi connectivity index (χ1n) is 8.43. The Morgan fingerprint density at radius 2 is 2.00 bits per heavy atom. The van der Waals surface area contributed by atoms with Crippen LogP contribution in [0.15, 0.2) is 23.1 Å². The number of hydrogen-bond acceptors (Lipinski definition) is 6. The molecule has 0 aromatic heterocycles. The van der Waals surface area contributed by atoms with Gasteiger partial charge in [-0.05, 0) is 36.8 Å². The summed E-state index contributed by atoms with van der Waals surface area (Å²) < 4.78 is 25.6. The third kappa shape index (κ3) is 3.23. The molecule has 2 aliphatic rings. The number of nitrogens with two attached hydrogens (primary N) is 1. The summed E-state index contributed by atoms with van der Waals surface area (Å²) in [6, 6.07) is 4.29. The molecule has 3 atom stereocenters. The maximum absolute atomic E-state index is 12.3. The van der Waals surface area contributed by atoms with Crippen LogP contribution in [0.25, 0.3) is 0 Å². The van der Waals surface area contributed by atoms with Gasteiger partial charge in [0.1, 0.15) is 5.69 Å². The Bertz CT molecular complexity index is 780. The van der Waals surface area contributed by atoms with Gasteiger partial charge in [-0.2, -0.15) is 0 Å². The van der Waals surface area contributed by atoms with Crippen molar-refractivity contribution in [2.75, 3.05) is 32.1 Å². The van der Waals surface area contributed by atoms with E-state index in [1.54, 1.807) is 6.07 Å². The van der Waals surface area contributed by atoms with E-state index in [4.69, 9.17) is 5.73 Å². The lowest BCUT2D eigenvalue weighted by Gasteiger charge is -2.29. The lowest BCUT2D eigenvalue weighted by atomic mass is 9.78. The van der Waals surface area contributed by atoms with Crippen LogP contribution in [0.2, 0.25) is 0 Å². The fourth-order valence-electron chi connectivity index (χ4n) is 4.00. The molecular formula is C16H24N4O4S. The van der Waals surface area contributed by atoms with Gasteiger partial charge in [0.05, 0.1) is 9.82 Å². The third-order valence-electron chi connectivity index (χ3n) is 5.42. The summed E-state index contributed by atoms with van der Waals surface area (Å²) in [5.41, 5.74) is 6.53. The number of benzene rings is 1. The minimum atomic E-state index is -3.71. The van der Waals surface area contributed by atoms with E-state index in [1.807, 2.05) is 4.90 Å². The monoisotopic (exact) mass is 368 g/mol. The van der Waals surface area contributed by atoms with E-state index in [0.717, 1.165) is 36.2 Å². The standard InChI is InChI=1S/C16H24N4O4S/c1-18(2)25(23,24)12-6-7-15(16(8-12)20(21)22)19-9-11-4-3-5-14(17)13(11)10-19/h6-8,11,13-14H,3-5,9-10,17H2,1-2H3. The molecule has 3 rings (SSSR count). The molecule has 0 radical (unpaired) electrons. The number of nitro benzene ring substituents is 1. The Kier molecular flexibility index (Phi) is 4.74. The highest BCUT2D eigenvalue weighted by Crippen LogP contribution is 2.40. The highest BCUT2D eigenvalue weighted by molar-refractivity contribution is 7.89. The summed E-state index contributed by atoms with van der Waals surface area (Å²) in [4.78, 5) is 13.0. The maximum Gasteiger partial charge on any atom is 0.293 e. The summed E-state index contributed by atoms with van der Waals surface area (Å²) >= 11 is 0. The van der Waals surface area contributed by atoms with Gasteiger partial charge in [0, 0.05) is 39.3 Å². The van der Waals surface area contributed by atoms with Crippen LogP contribution < -0.4 is 10.6 Å². The lowest BCUT2D eigenvalue weighted by molar-refractivity contribution is -0.384. The topological polar surface area (TPSA) is 110 Å². The van der Waals surface area contributed by atoms with Gasteiger partial charge in [-0.3, -0.25) is 10.1 Å². The molecule has 2 N–H and O–H groups in total. The van der Waals surface area contributed by atoms with Crippen molar-refractivity contribution in [2.24, 2.45) is 17.6 Å². The average molecular weight is 368 g/mol. The predicted octanol–water partition coefficient (Wildman–Crippen LogP) is 1.41. The van der Waals surface area contributed by atoms with Crippen molar-refractivity contribution in [3.63, 3.8) is 0 Å². The SMILES string of the molecule is CN(C)S(=O)(=O)c1ccc(N2CC3CCCC(N)C3C2)c([N+](=O)[O-])c1. The van der Waals surface area contributed by atoms with E-state index >= 15 is 0 Å². The van der Waals surface area contributed by atoms with Gasteiger partial charge in [-0.15, -0.1) is 0 Å². The zero-order valence-electron chi connectivity index (χ0n) is 14.5. The molecule has 9 heteroatoms. The molecule has 1 saturated carbocycles. The Hall–Kier alpha value is -1.71. The minimum absolute atomic E-state index is 0.0683. The molecule has 1 aromatic carbocycles. The van der Waals surface area contributed by atoms with Gasteiger partial charge in [0.15, 0.2) is 0 Å². The Morgan fingerprint density at radius 3 is 2.60 bits per heavy atom. The number of nitrogens with zero attached hydrogens (tertiary/aromatic N) is 3. The maximum atomic E-state index is 12.3. The second-order valence-electron chi connectivity index (χ2n) is 7.12. The first-order valence-corrected chi connectivity index (χ1v) is 9.87. The molecule has 138 valence electrons. The van der Waals surface area contributed by atoms with Gasteiger partial charge in [-0.25, -0.2) is 12.7 Å². The molecule has 3 unspecified atom stereocenters. The number of rotatable bonds is 4. The lowest BCUT2D eigenvalue weighted by Crippen LogP contribution is -2.38. The highest BCUT2D eigenvalue weighted by Gasteiger charge is 2.40. The van der Waals surface area contributed by atoms with Crippen molar-refractivity contribution >= 4 is 21.4 Å². The quantitative estimate of drug-likeness (QED) is 0.635. The van der Waals surface area contributed by atoms with Gasteiger partial charge >= 0.3 is 0 Å². The van der Waals surface area contributed by atoms with E-state index in [-0.39, 0.29) is 16.6 Å². The third-order valence-corrected chi connectivity index (χ3v) is 7.23. The highest BCUT2D eigenvalue weighted by atomic mass is 32.2. The smallest absolute Gasteiger partial charge is 0.293 e. The molecule has 0 amide bonds. The van der Waals surface area contributed by atoms with Crippen molar-refractivity contribution in [3.05, 3.63) is 28.3 Å². The van der Waals surface area contributed by atoms with Crippen LogP contribution in [0.1, 0.15) is 19.3 Å². The molecular weight excluding hydrogens is 344 g/mol. The van der Waals surface area contributed by atoms with Crippen LogP contribution in [0, 0.1) is 22.0 Å². The van der Waals surface area contributed by atoms with E-state index in [0.29, 0.717) is 24.1 Å². The zero-order valence-corrected chi connectivity index (χ0v) is 15.3. The molecule has 8 nitrogen and oxygen atoms in total. The summed E-state index contributed by atoms with van der Waals surface area (Å²) in [5, 5.41) is 11.6. The van der Waals surface area contributed by atoms with Gasteiger partial charge in [-0.1, -0.05) is 6.42 Å². The molecule has 25 heavy (non-hydrogen) atoms. The van der Waals surface area contributed by atoms with Gasteiger partial charge in [0.25, 0.3) is 5.69 Å². The number of fused-ring (bicyclic) bond motifs is 1. The molecule has 1 heterocycles. The van der Waals surface area contributed by atoms with Crippen LogP contribution in [-0.2, 0) is 10.0 Å². The van der Waals surface area contributed by atoms with E-state index in [9.17, 15) is 18.5 Å². The number of nitro groups is 1. The minimum Gasteiger partial charge on any atom is -0.365 e. The molecule has 1 saturated heterocycles. The normalized spacial score (nSPS) is 26.7. The van der Waals surface area contributed by atoms with Crippen LogP contribution in [0.3, 0.4) is 0 Å². The molecule has 0 bridgehead atoms. The second kappa shape index (κ2) is 6.54. The van der Waals surface area contributed by atoms with Crippen molar-refractivity contribution in [1.82, 2.24) is 4.31 Å². The van der Waals surface area contributed by atoms with Gasteiger partial charge < -0.3 is 10.6 Å². The average Bonchev–Trinajstić information content (AvgIpc) is 2.99. The van der Waals surface area contributed by atoms with Crippen molar-refractivity contribution < 1.29 is 13.3 Å².